The normalized spacial score (nSPS) is 10.5. The first-order valence-electron chi connectivity index (χ1n) is 7.29. The Hall–Kier alpha value is -2.94. The Balaban J connectivity index is 1.62. The van der Waals surface area contributed by atoms with E-state index in [-0.39, 0.29) is 24.8 Å². The highest BCUT2D eigenvalue weighted by Gasteiger charge is 2.12. The SMILES string of the molecule is Cn1c(-c2ccccn2)nn(CCNC(=O)Nc2cccs2)c1=O. The molecule has 2 amide bonds. The van der Waals surface area contributed by atoms with E-state index in [1.807, 2.05) is 23.6 Å². The number of nitrogens with one attached hydrogen (secondary N) is 2. The van der Waals surface area contributed by atoms with E-state index in [2.05, 4.69) is 20.7 Å². The number of aromatic nitrogens is 4. The fraction of sp³-hybridized carbons (Fsp3) is 0.200. The average Bonchev–Trinajstić information content (AvgIpc) is 3.19. The van der Waals surface area contributed by atoms with E-state index in [9.17, 15) is 9.59 Å². The van der Waals surface area contributed by atoms with Gasteiger partial charge in [0.25, 0.3) is 0 Å². The highest BCUT2D eigenvalue weighted by molar-refractivity contribution is 7.14. The molecule has 0 saturated carbocycles. The van der Waals surface area contributed by atoms with Crippen LogP contribution >= 0.6 is 11.3 Å². The summed E-state index contributed by atoms with van der Waals surface area (Å²) in [7, 11) is 1.65. The number of thiophene rings is 1. The largest absolute Gasteiger partial charge is 0.346 e. The van der Waals surface area contributed by atoms with Gasteiger partial charge in [0.15, 0.2) is 5.82 Å². The van der Waals surface area contributed by atoms with E-state index in [1.165, 1.54) is 20.6 Å². The van der Waals surface area contributed by atoms with Crippen LogP contribution in [0.25, 0.3) is 11.5 Å². The van der Waals surface area contributed by atoms with Crippen molar-refractivity contribution in [2.45, 2.75) is 6.54 Å². The van der Waals surface area contributed by atoms with Crippen molar-refractivity contribution in [1.82, 2.24) is 24.6 Å². The smallest absolute Gasteiger partial charge is 0.336 e. The van der Waals surface area contributed by atoms with Gasteiger partial charge >= 0.3 is 11.7 Å². The summed E-state index contributed by atoms with van der Waals surface area (Å²) in [4.78, 5) is 28.1. The van der Waals surface area contributed by atoms with Gasteiger partial charge in [0.05, 0.1) is 11.5 Å². The third kappa shape index (κ3) is 3.51. The molecule has 0 spiro atoms. The third-order valence-corrected chi connectivity index (χ3v) is 4.09. The molecule has 0 atom stereocenters. The van der Waals surface area contributed by atoms with Crippen LogP contribution in [0.4, 0.5) is 9.80 Å². The Kier molecular flexibility index (Phi) is 4.71. The van der Waals surface area contributed by atoms with Crippen LogP contribution in [0.1, 0.15) is 0 Å². The van der Waals surface area contributed by atoms with Crippen molar-refractivity contribution in [1.29, 1.82) is 0 Å². The summed E-state index contributed by atoms with van der Waals surface area (Å²) in [6.45, 7) is 0.563. The quantitative estimate of drug-likeness (QED) is 0.734. The molecule has 3 aromatic heterocycles. The lowest BCUT2D eigenvalue weighted by molar-refractivity contribution is 0.251. The molecule has 8 nitrogen and oxygen atoms in total. The topological polar surface area (TPSA) is 93.8 Å². The van der Waals surface area contributed by atoms with Crippen LogP contribution in [-0.4, -0.2) is 31.9 Å². The second-order valence-corrected chi connectivity index (χ2v) is 5.91. The molecular formula is C15H16N6O2S. The van der Waals surface area contributed by atoms with Gasteiger partial charge in [-0.3, -0.25) is 14.9 Å². The summed E-state index contributed by atoms with van der Waals surface area (Å²) >= 11 is 1.44. The first-order chi connectivity index (χ1) is 11.6. The predicted molar refractivity (Wildman–Crippen MR) is 92.0 cm³/mol. The molecule has 0 bridgehead atoms. The zero-order chi connectivity index (χ0) is 16.9. The van der Waals surface area contributed by atoms with Crippen LogP contribution < -0.4 is 16.3 Å². The maximum absolute atomic E-state index is 12.2. The maximum atomic E-state index is 12.2. The molecule has 124 valence electrons. The van der Waals surface area contributed by atoms with Crippen molar-refractivity contribution in [3.8, 4) is 11.5 Å². The molecule has 0 fully saturated rings. The van der Waals surface area contributed by atoms with Gasteiger partial charge in [-0.1, -0.05) is 6.07 Å². The number of hydrogen-bond acceptors (Lipinski definition) is 5. The van der Waals surface area contributed by atoms with E-state index in [0.29, 0.717) is 11.5 Å². The summed E-state index contributed by atoms with van der Waals surface area (Å²) in [5, 5.41) is 12.3. The number of nitrogens with zero attached hydrogens (tertiary/aromatic N) is 4. The minimum Gasteiger partial charge on any atom is -0.336 e. The molecule has 0 aromatic carbocycles. The molecule has 0 aliphatic carbocycles. The van der Waals surface area contributed by atoms with Crippen molar-refractivity contribution >= 4 is 22.4 Å². The van der Waals surface area contributed by atoms with Crippen LogP contribution in [0.15, 0.2) is 46.7 Å². The molecule has 0 radical (unpaired) electrons. The van der Waals surface area contributed by atoms with Gasteiger partial charge in [0.1, 0.15) is 5.69 Å². The molecule has 0 saturated heterocycles. The van der Waals surface area contributed by atoms with Crippen molar-refractivity contribution in [3.05, 3.63) is 52.4 Å². The Morgan fingerprint density at radius 2 is 2.17 bits per heavy atom. The highest BCUT2D eigenvalue weighted by Crippen LogP contribution is 2.14. The number of pyridine rings is 1. The predicted octanol–water partition coefficient (Wildman–Crippen LogP) is 1.53. The van der Waals surface area contributed by atoms with Crippen molar-refractivity contribution < 1.29 is 4.79 Å². The van der Waals surface area contributed by atoms with Crippen LogP contribution in [-0.2, 0) is 13.6 Å². The molecule has 2 N–H and O–H groups in total. The van der Waals surface area contributed by atoms with E-state index < -0.39 is 0 Å². The lowest BCUT2D eigenvalue weighted by Crippen LogP contribution is -2.34. The van der Waals surface area contributed by atoms with Gasteiger partial charge in [-0.25, -0.2) is 14.3 Å². The fourth-order valence-corrected chi connectivity index (χ4v) is 2.75. The summed E-state index contributed by atoms with van der Waals surface area (Å²) in [5.74, 6) is 0.489. The molecule has 9 heteroatoms. The first kappa shape index (κ1) is 15.9. The summed E-state index contributed by atoms with van der Waals surface area (Å²) in [6, 6.07) is 8.78. The number of carbonyl (C=O) groups excluding carboxylic acids is 1. The van der Waals surface area contributed by atoms with Gasteiger partial charge in [-0.05, 0) is 29.6 Å². The Morgan fingerprint density at radius 1 is 1.29 bits per heavy atom. The zero-order valence-electron chi connectivity index (χ0n) is 13.0. The molecule has 0 unspecified atom stereocenters. The highest BCUT2D eigenvalue weighted by atomic mass is 32.1. The number of anilines is 1. The molecule has 3 aromatic rings. The van der Waals surface area contributed by atoms with Crippen LogP contribution in [0.3, 0.4) is 0 Å². The van der Waals surface area contributed by atoms with Gasteiger partial charge in [-0.15, -0.1) is 16.4 Å². The standard InChI is InChI=1S/C15H16N6O2S/c1-20-13(11-5-2-3-7-16-11)19-21(15(20)23)9-8-17-14(22)18-12-6-4-10-24-12/h2-7,10H,8-9H2,1H3,(H2,17,18,22). The van der Waals surface area contributed by atoms with Crippen molar-refractivity contribution in [3.63, 3.8) is 0 Å². The Labute approximate surface area is 141 Å². The maximum Gasteiger partial charge on any atom is 0.346 e. The van der Waals surface area contributed by atoms with Gasteiger partial charge in [0.2, 0.25) is 0 Å². The van der Waals surface area contributed by atoms with Crippen LogP contribution in [0.5, 0.6) is 0 Å². The summed E-state index contributed by atoms with van der Waals surface area (Å²) in [6.07, 6.45) is 1.65. The van der Waals surface area contributed by atoms with Crippen molar-refractivity contribution in [2.24, 2.45) is 7.05 Å². The van der Waals surface area contributed by atoms with Crippen LogP contribution in [0, 0.1) is 0 Å². The second kappa shape index (κ2) is 7.09. The van der Waals surface area contributed by atoms with Gasteiger partial charge in [0, 0.05) is 19.8 Å². The van der Waals surface area contributed by atoms with Crippen LogP contribution in [0.2, 0.25) is 0 Å². The zero-order valence-corrected chi connectivity index (χ0v) is 13.8. The summed E-state index contributed by atoms with van der Waals surface area (Å²) < 4.78 is 2.75. The average molecular weight is 344 g/mol. The number of urea groups is 1. The van der Waals surface area contributed by atoms with Crippen molar-refractivity contribution in [2.75, 3.05) is 11.9 Å². The molecule has 3 heterocycles. The molecule has 0 aliphatic heterocycles. The van der Waals surface area contributed by atoms with Gasteiger partial charge < -0.3 is 5.32 Å². The number of amides is 2. The molecule has 24 heavy (non-hydrogen) atoms. The number of hydrogen-bond donors (Lipinski definition) is 2. The van der Waals surface area contributed by atoms with Gasteiger partial charge in [-0.2, -0.15) is 0 Å². The fourth-order valence-electron chi connectivity index (χ4n) is 2.13. The monoisotopic (exact) mass is 344 g/mol. The summed E-state index contributed by atoms with van der Waals surface area (Å²) in [5.41, 5.74) is 0.371. The second-order valence-electron chi connectivity index (χ2n) is 4.96. The lowest BCUT2D eigenvalue weighted by atomic mass is 10.3. The van der Waals surface area contributed by atoms with E-state index in [4.69, 9.17) is 0 Å². The van der Waals surface area contributed by atoms with E-state index in [1.54, 1.807) is 25.4 Å². The van der Waals surface area contributed by atoms with E-state index in [0.717, 1.165) is 5.00 Å². The minimum atomic E-state index is -0.314. The minimum absolute atomic E-state index is 0.254. The molecule has 0 aliphatic rings. The van der Waals surface area contributed by atoms with E-state index >= 15 is 0 Å². The lowest BCUT2D eigenvalue weighted by Gasteiger charge is -2.05. The third-order valence-electron chi connectivity index (χ3n) is 3.30. The molecule has 3 rings (SSSR count). The molecular weight excluding hydrogens is 328 g/mol. The number of carbonyl (C=O) groups is 1. The Morgan fingerprint density at radius 3 is 2.88 bits per heavy atom. The first-order valence-corrected chi connectivity index (χ1v) is 8.16. The Bertz CT molecular complexity index is 869. The number of rotatable bonds is 5.